The number of ketones is 1. The number of phenols is 1. The van der Waals surface area contributed by atoms with Crippen molar-refractivity contribution in [2.75, 3.05) is 6.54 Å². The lowest BCUT2D eigenvalue weighted by atomic mass is 9.94. The molecule has 2 unspecified atom stereocenters. The van der Waals surface area contributed by atoms with Gasteiger partial charge < -0.3 is 25.4 Å². The summed E-state index contributed by atoms with van der Waals surface area (Å²) in [5.41, 5.74) is 1.91. The highest BCUT2D eigenvalue weighted by atomic mass is 16.5. The van der Waals surface area contributed by atoms with Gasteiger partial charge in [0.15, 0.2) is 5.78 Å². The number of rotatable bonds is 8. The maximum absolute atomic E-state index is 11.7. The molecule has 2 aromatic rings. The molecule has 0 aliphatic carbocycles. The minimum absolute atomic E-state index is 0.0796. The van der Waals surface area contributed by atoms with Crippen LogP contribution in [-0.2, 0) is 11.3 Å². The number of aliphatic hydroxyl groups excluding tert-OH is 2. The maximum atomic E-state index is 11.7. The summed E-state index contributed by atoms with van der Waals surface area (Å²) in [6, 6.07) is 12.0. The molecule has 2 atom stereocenters. The minimum Gasteiger partial charge on any atom is -0.507 e. The zero-order valence-electron chi connectivity index (χ0n) is 15.9. The Morgan fingerprint density at radius 2 is 1.82 bits per heavy atom. The molecule has 0 aliphatic rings. The Bertz CT molecular complexity index is 821. The smallest absolute Gasteiger partial charge is 0.407 e. The van der Waals surface area contributed by atoms with E-state index in [9.17, 15) is 24.9 Å². The van der Waals surface area contributed by atoms with E-state index < -0.39 is 18.3 Å². The Hall–Kier alpha value is -2.90. The van der Waals surface area contributed by atoms with E-state index >= 15 is 0 Å². The molecule has 1 amide bonds. The highest BCUT2D eigenvalue weighted by molar-refractivity contribution is 5.97. The number of hydrogen-bond acceptors (Lipinski definition) is 6. The van der Waals surface area contributed by atoms with E-state index in [1.54, 1.807) is 6.92 Å². The van der Waals surface area contributed by atoms with Crippen molar-refractivity contribution in [3.63, 3.8) is 0 Å². The third kappa shape index (κ3) is 5.80. The summed E-state index contributed by atoms with van der Waals surface area (Å²) < 4.78 is 5.07. The Labute approximate surface area is 163 Å². The molecule has 2 aromatic carbocycles. The number of benzene rings is 2. The van der Waals surface area contributed by atoms with Crippen molar-refractivity contribution in [2.24, 2.45) is 0 Å². The zero-order valence-corrected chi connectivity index (χ0v) is 15.9. The van der Waals surface area contributed by atoms with Crippen LogP contribution >= 0.6 is 0 Å². The Morgan fingerprint density at radius 3 is 2.46 bits per heavy atom. The van der Waals surface area contributed by atoms with E-state index in [1.807, 2.05) is 30.3 Å². The van der Waals surface area contributed by atoms with E-state index in [0.717, 1.165) is 5.56 Å². The van der Waals surface area contributed by atoms with Crippen LogP contribution in [-0.4, -0.2) is 39.8 Å². The number of alkyl carbamates (subject to hydrolysis) is 1. The molecule has 28 heavy (non-hydrogen) atoms. The summed E-state index contributed by atoms with van der Waals surface area (Å²) in [5.74, 6) is -0.539. The van der Waals surface area contributed by atoms with Crippen molar-refractivity contribution in [1.29, 1.82) is 0 Å². The quantitative estimate of drug-likeness (QED) is 0.518. The van der Waals surface area contributed by atoms with Crippen LogP contribution in [0, 0.1) is 6.92 Å². The van der Waals surface area contributed by atoms with E-state index in [1.165, 1.54) is 19.1 Å². The summed E-state index contributed by atoms with van der Waals surface area (Å²) in [4.78, 5) is 23.2. The van der Waals surface area contributed by atoms with Crippen LogP contribution in [0.2, 0.25) is 0 Å². The number of phenolic OH excluding ortho intramolecular Hbond substituents is 1. The van der Waals surface area contributed by atoms with Gasteiger partial charge in [-0.1, -0.05) is 30.3 Å². The summed E-state index contributed by atoms with van der Waals surface area (Å²) in [6.45, 7) is 3.25. The molecule has 150 valence electrons. The van der Waals surface area contributed by atoms with Gasteiger partial charge in [-0.2, -0.15) is 0 Å². The van der Waals surface area contributed by atoms with Gasteiger partial charge in [0.25, 0.3) is 0 Å². The first-order chi connectivity index (χ1) is 13.3. The van der Waals surface area contributed by atoms with E-state index in [4.69, 9.17) is 4.74 Å². The first kappa shape index (κ1) is 21.4. The summed E-state index contributed by atoms with van der Waals surface area (Å²) in [5, 5.41) is 33.0. The highest BCUT2D eigenvalue weighted by Crippen LogP contribution is 2.29. The molecule has 0 bridgehead atoms. The van der Waals surface area contributed by atoms with Crippen molar-refractivity contribution in [2.45, 2.75) is 39.1 Å². The molecule has 0 spiro atoms. The maximum Gasteiger partial charge on any atom is 0.407 e. The highest BCUT2D eigenvalue weighted by Gasteiger charge is 2.22. The number of ether oxygens (including phenoxy) is 1. The van der Waals surface area contributed by atoms with Gasteiger partial charge in [-0.3, -0.25) is 4.79 Å². The van der Waals surface area contributed by atoms with Crippen LogP contribution in [0.1, 0.15) is 46.5 Å². The standard InChI is InChI=1S/C21H25NO6/c1-13-10-17(14(2)23)19(25)11-16(13)20(26)18(24)8-9-22-21(27)28-12-15-6-4-3-5-7-15/h3-7,10-11,18,20,24-26H,8-9,12H2,1-2H3,(H,22,27). The van der Waals surface area contributed by atoms with Gasteiger partial charge in [0.2, 0.25) is 0 Å². The van der Waals surface area contributed by atoms with Gasteiger partial charge in [-0.25, -0.2) is 4.79 Å². The second-order valence-electron chi connectivity index (χ2n) is 6.57. The lowest BCUT2D eigenvalue weighted by Gasteiger charge is -2.21. The zero-order chi connectivity index (χ0) is 20.7. The molecule has 0 aliphatic heterocycles. The molecular weight excluding hydrogens is 362 g/mol. The number of carbonyl (C=O) groups excluding carboxylic acids is 2. The molecule has 0 saturated carbocycles. The summed E-state index contributed by atoms with van der Waals surface area (Å²) in [7, 11) is 0. The number of aliphatic hydroxyl groups is 2. The predicted octanol–water partition coefficient (Wildman–Crippen LogP) is 2.61. The molecule has 0 fully saturated rings. The van der Waals surface area contributed by atoms with Gasteiger partial charge in [-0.05, 0) is 49.1 Å². The van der Waals surface area contributed by atoms with Gasteiger partial charge in [-0.15, -0.1) is 0 Å². The fraction of sp³-hybridized carbons (Fsp3) is 0.333. The Balaban J connectivity index is 1.84. The summed E-state index contributed by atoms with van der Waals surface area (Å²) >= 11 is 0. The largest absolute Gasteiger partial charge is 0.507 e. The Morgan fingerprint density at radius 1 is 1.14 bits per heavy atom. The first-order valence-electron chi connectivity index (χ1n) is 8.94. The summed E-state index contributed by atoms with van der Waals surface area (Å²) in [6.07, 6.45) is -2.98. The SMILES string of the molecule is CC(=O)c1cc(C)c(C(O)C(O)CCNC(=O)OCc2ccccc2)cc1O. The molecule has 4 N–H and O–H groups in total. The molecular formula is C21H25NO6. The molecule has 2 rings (SSSR count). The number of amides is 1. The van der Waals surface area contributed by atoms with Gasteiger partial charge >= 0.3 is 6.09 Å². The first-order valence-corrected chi connectivity index (χ1v) is 8.94. The van der Waals surface area contributed by atoms with E-state index in [-0.39, 0.29) is 36.7 Å². The monoisotopic (exact) mass is 387 g/mol. The fourth-order valence-corrected chi connectivity index (χ4v) is 2.77. The molecule has 0 radical (unpaired) electrons. The fourth-order valence-electron chi connectivity index (χ4n) is 2.77. The Kier molecular flexibility index (Phi) is 7.54. The van der Waals surface area contributed by atoms with Gasteiger partial charge in [0.05, 0.1) is 11.7 Å². The van der Waals surface area contributed by atoms with Crippen LogP contribution in [0.15, 0.2) is 42.5 Å². The molecule has 0 saturated heterocycles. The van der Waals surface area contributed by atoms with Crippen molar-refractivity contribution in [3.05, 3.63) is 64.7 Å². The normalized spacial score (nSPS) is 12.9. The van der Waals surface area contributed by atoms with Crippen LogP contribution in [0.5, 0.6) is 5.75 Å². The second-order valence-corrected chi connectivity index (χ2v) is 6.57. The molecule has 0 aromatic heterocycles. The predicted molar refractivity (Wildman–Crippen MR) is 103 cm³/mol. The van der Waals surface area contributed by atoms with Crippen molar-refractivity contribution in [1.82, 2.24) is 5.32 Å². The van der Waals surface area contributed by atoms with Crippen molar-refractivity contribution in [3.8, 4) is 5.75 Å². The topological polar surface area (TPSA) is 116 Å². The number of Topliss-reactive ketones (excluding diaryl/α,β-unsaturated/α-hetero) is 1. The number of aryl methyl sites for hydroxylation is 1. The second kappa shape index (κ2) is 9.87. The number of aromatic hydroxyl groups is 1. The van der Waals surface area contributed by atoms with E-state index in [2.05, 4.69) is 5.32 Å². The lowest BCUT2D eigenvalue weighted by molar-refractivity contribution is 0.0132. The number of hydrogen-bond donors (Lipinski definition) is 4. The van der Waals surface area contributed by atoms with Crippen LogP contribution in [0.4, 0.5) is 4.79 Å². The van der Waals surface area contributed by atoms with Crippen molar-refractivity contribution >= 4 is 11.9 Å². The molecule has 0 heterocycles. The average Bonchev–Trinajstić information content (AvgIpc) is 2.67. The third-order valence-corrected chi connectivity index (χ3v) is 4.37. The number of carbonyl (C=O) groups is 2. The molecule has 7 nitrogen and oxygen atoms in total. The van der Waals surface area contributed by atoms with E-state index in [0.29, 0.717) is 11.1 Å². The van der Waals surface area contributed by atoms with Crippen LogP contribution in [0.3, 0.4) is 0 Å². The lowest BCUT2D eigenvalue weighted by Crippen LogP contribution is -2.30. The van der Waals surface area contributed by atoms with Crippen LogP contribution < -0.4 is 5.32 Å². The van der Waals surface area contributed by atoms with Gasteiger partial charge in [0, 0.05) is 6.54 Å². The van der Waals surface area contributed by atoms with Crippen molar-refractivity contribution < 1.29 is 29.6 Å². The average molecular weight is 387 g/mol. The third-order valence-electron chi connectivity index (χ3n) is 4.37. The minimum atomic E-state index is -1.27. The number of nitrogens with one attached hydrogen (secondary N) is 1. The molecule has 7 heteroatoms. The van der Waals surface area contributed by atoms with Gasteiger partial charge in [0.1, 0.15) is 18.5 Å². The van der Waals surface area contributed by atoms with Crippen LogP contribution in [0.25, 0.3) is 0 Å².